The molecule has 6 heteroatoms. The molecule has 0 spiro atoms. The van der Waals surface area contributed by atoms with E-state index in [2.05, 4.69) is 13.8 Å². The first kappa shape index (κ1) is 20.9. The third-order valence-electron chi connectivity index (χ3n) is 6.36. The van der Waals surface area contributed by atoms with Crippen molar-refractivity contribution in [3.05, 3.63) is 64.2 Å². The Kier molecular flexibility index (Phi) is 6.14. The Hall–Kier alpha value is -2.34. The molecule has 0 radical (unpaired) electrons. The second-order valence-corrected chi connectivity index (χ2v) is 9.12. The highest BCUT2D eigenvalue weighted by Crippen LogP contribution is 2.39. The molecule has 1 saturated carbocycles. The third-order valence-corrected chi connectivity index (χ3v) is 7.38. The average Bonchev–Trinajstić information content (AvgIpc) is 2.75. The quantitative estimate of drug-likeness (QED) is 0.380. The number of hydrogen-bond acceptors (Lipinski definition) is 4. The zero-order chi connectivity index (χ0) is 21.3. The molecule has 1 heterocycles. The summed E-state index contributed by atoms with van der Waals surface area (Å²) < 4.78 is 21.0. The van der Waals surface area contributed by atoms with Crippen LogP contribution in [0.3, 0.4) is 0 Å². The van der Waals surface area contributed by atoms with E-state index >= 15 is 0 Å². The number of rotatable bonds is 5. The van der Waals surface area contributed by atoms with Crippen molar-refractivity contribution in [1.29, 1.82) is 0 Å². The second kappa shape index (κ2) is 8.80. The van der Waals surface area contributed by atoms with Crippen molar-refractivity contribution in [1.82, 2.24) is 9.55 Å². The molecule has 0 N–H and O–H groups in total. The van der Waals surface area contributed by atoms with Gasteiger partial charge in [0.2, 0.25) is 0 Å². The Morgan fingerprint density at radius 1 is 1.20 bits per heavy atom. The van der Waals surface area contributed by atoms with Crippen molar-refractivity contribution in [3.63, 3.8) is 0 Å². The summed E-state index contributed by atoms with van der Waals surface area (Å²) in [6, 6.07) is 12.6. The van der Waals surface area contributed by atoms with Gasteiger partial charge in [-0.2, -0.15) is 0 Å². The molecule has 3 atom stereocenters. The fourth-order valence-electron chi connectivity index (χ4n) is 4.39. The first-order valence-corrected chi connectivity index (χ1v) is 11.4. The van der Waals surface area contributed by atoms with Crippen LogP contribution in [0.25, 0.3) is 10.9 Å². The lowest BCUT2D eigenvalue weighted by atomic mass is 9.78. The van der Waals surface area contributed by atoms with Crippen LogP contribution in [0.5, 0.6) is 5.75 Å². The van der Waals surface area contributed by atoms with Crippen LogP contribution in [0, 0.1) is 17.7 Å². The zero-order valence-electron chi connectivity index (χ0n) is 17.6. The summed E-state index contributed by atoms with van der Waals surface area (Å²) in [6.07, 6.45) is 3.29. The minimum Gasteiger partial charge on any atom is -0.494 e. The largest absolute Gasteiger partial charge is 0.494 e. The van der Waals surface area contributed by atoms with Gasteiger partial charge in [-0.3, -0.25) is 9.36 Å². The van der Waals surface area contributed by atoms with E-state index < -0.39 is 0 Å². The molecule has 4 rings (SSSR count). The first-order chi connectivity index (χ1) is 14.5. The monoisotopic (exact) mass is 426 g/mol. The lowest BCUT2D eigenvalue weighted by molar-refractivity contribution is 0.173. The summed E-state index contributed by atoms with van der Waals surface area (Å²) in [5.41, 5.74) is 1.56. The number of fused-ring (bicyclic) bond motifs is 1. The fourth-order valence-corrected chi connectivity index (χ4v) is 5.38. The zero-order valence-corrected chi connectivity index (χ0v) is 18.4. The number of halogens is 1. The summed E-state index contributed by atoms with van der Waals surface area (Å²) in [6.45, 7) is 4.51. The number of ether oxygens (including phenoxy) is 1. The van der Waals surface area contributed by atoms with Crippen LogP contribution in [-0.4, -0.2) is 16.7 Å². The molecule has 158 valence electrons. The van der Waals surface area contributed by atoms with Crippen LogP contribution in [0.2, 0.25) is 0 Å². The smallest absolute Gasteiger partial charge is 0.262 e. The molecule has 0 unspecified atom stereocenters. The van der Waals surface area contributed by atoms with Crippen LogP contribution < -0.4 is 10.3 Å². The second-order valence-electron chi connectivity index (χ2n) is 8.18. The molecule has 0 aliphatic heterocycles. The maximum absolute atomic E-state index is 14.1. The van der Waals surface area contributed by atoms with E-state index in [-0.39, 0.29) is 23.2 Å². The number of methoxy groups -OCH3 is 1. The molecular formula is C24H27FN2O2S. The lowest BCUT2D eigenvalue weighted by Crippen LogP contribution is -2.35. The molecule has 3 aromatic rings. The molecule has 0 saturated heterocycles. The van der Waals surface area contributed by atoms with Gasteiger partial charge < -0.3 is 4.74 Å². The van der Waals surface area contributed by atoms with E-state index in [0.717, 1.165) is 18.4 Å². The Labute approximate surface area is 180 Å². The highest BCUT2D eigenvalue weighted by Gasteiger charge is 2.31. The summed E-state index contributed by atoms with van der Waals surface area (Å²) in [7, 11) is 1.46. The molecular weight excluding hydrogens is 399 g/mol. The molecule has 1 aliphatic rings. The Balaban J connectivity index is 1.74. The molecule has 0 amide bonds. The van der Waals surface area contributed by atoms with Crippen molar-refractivity contribution < 1.29 is 9.13 Å². The van der Waals surface area contributed by atoms with Crippen molar-refractivity contribution in [3.8, 4) is 5.75 Å². The van der Waals surface area contributed by atoms with Crippen molar-refractivity contribution in [2.24, 2.45) is 11.8 Å². The van der Waals surface area contributed by atoms with Gasteiger partial charge in [0.25, 0.3) is 5.56 Å². The van der Waals surface area contributed by atoms with E-state index in [9.17, 15) is 9.18 Å². The fraction of sp³-hybridized carbons (Fsp3) is 0.417. The van der Waals surface area contributed by atoms with E-state index in [0.29, 0.717) is 33.6 Å². The van der Waals surface area contributed by atoms with Gasteiger partial charge in [0.15, 0.2) is 16.7 Å². The van der Waals surface area contributed by atoms with Gasteiger partial charge in [0.05, 0.1) is 18.0 Å². The standard InChI is InChI=1S/C24H27FN2O2S/c1-15-7-6-10-21(16(15)2)27-23(28)18-8-4-5-9-20(18)26-24(27)30-14-17-11-12-22(29-3)19(25)13-17/h4-5,8-9,11-13,15-16,21H,6-7,10,14H2,1-3H3/t15-,16+,21-/m0/s1. The van der Waals surface area contributed by atoms with E-state index in [1.165, 1.54) is 31.4 Å². The Morgan fingerprint density at radius 3 is 2.77 bits per heavy atom. The number of thioether (sulfide) groups is 1. The van der Waals surface area contributed by atoms with Crippen molar-refractivity contribution >= 4 is 22.7 Å². The maximum atomic E-state index is 14.1. The van der Waals surface area contributed by atoms with Gasteiger partial charge in [-0.15, -0.1) is 0 Å². The molecule has 4 nitrogen and oxygen atoms in total. The molecule has 1 aromatic heterocycles. The average molecular weight is 427 g/mol. The summed E-state index contributed by atoms with van der Waals surface area (Å²) in [4.78, 5) is 18.3. The molecule has 0 bridgehead atoms. The normalized spacial score (nSPS) is 21.7. The molecule has 30 heavy (non-hydrogen) atoms. The Morgan fingerprint density at radius 2 is 2.00 bits per heavy atom. The minimum atomic E-state index is -0.380. The SMILES string of the molecule is COc1ccc(CSc2nc3ccccc3c(=O)n2[C@H]2CCC[C@H](C)[C@H]2C)cc1F. The van der Waals surface area contributed by atoms with E-state index in [1.54, 1.807) is 6.07 Å². The Bertz CT molecular complexity index is 1110. The van der Waals surface area contributed by atoms with Crippen molar-refractivity contribution in [2.45, 2.75) is 50.1 Å². The molecule has 1 fully saturated rings. The van der Waals surface area contributed by atoms with Crippen LogP contribution in [0.4, 0.5) is 4.39 Å². The topological polar surface area (TPSA) is 44.1 Å². The minimum absolute atomic E-state index is 0.0231. The van der Waals surface area contributed by atoms with Crippen LogP contribution >= 0.6 is 11.8 Å². The highest BCUT2D eigenvalue weighted by molar-refractivity contribution is 7.98. The van der Waals surface area contributed by atoms with Gasteiger partial charge in [0, 0.05) is 11.8 Å². The molecule has 2 aromatic carbocycles. The summed E-state index contributed by atoms with van der Waals surface area (Å²) in [5, 5.41) is 1.36. The highest BCUT2D eigenvalue weighted by atomic mass is 32.2. The van der Waals surface area contributed by atoms with Gasteiger partial charge >= 0.3 is 0 Å². The summed E-state index contributed by atoms with van der Waals surface area (Å²) in [5.74, 6) is 1.35. The predicted octanol–water partition coefficient (Wildman–Crippen LogP) is 5.83. The number of nitrogens with zero attached hydrogens (tertiary/aromatic N) is 2. The van der Waals surface area contributed by atoms with Crippen molar-refractivity contribution in [2.75, 3.05) is 7.11 Å². The van der Waals surface area contributed by atoms with Gasteiger partial charge in [-0.1, -0.05) is 56.7 Å². The van der Waals surface area contributed by atoms with Crippen LogP contribution in [0.15, 0.2) is 52.4 Å². The first-order valence-electron chi connectivity index (χ1n) is 10.5. The van der Waals surface area contributed by atoms with E-state index in [4.69, 9.17) is 9.72 Å². The number of hydrogen-bond donors (Lipinski definition) is 0. The third kappa shape index (κ3) is 3.97. The van der Waals surface area contributed by atoms with Crippen LogP contribution in [-0.2, 0) is 5.75 Å². The summed E-state index contributed by atoms with van der Waals surface area (Å²) >= 11 is 1.49. The maximum Gasteiger partial charge on any atom is 0.262 e. The number of benzene rings is 2. The lowest BCUT2D eigenvalue weighted by Gasteiger charge is -2.36. The number of aromatic nitrogens is 2. The van der Waals surface area contributed by atoms with Gasteiger partial charge in [0.1, 0.15) is 0 Å². The van der Waals surface area contributed by atoms with Gasteiger partial charge in [-0.05, 0) is 48.1 Å². The predicted molar refractivity (Wildman–Crippen MR) is 120 cm³/mol. The van der Waals surface area contributed by atoms with Crippen LogP contribution in [0.1, 0.15) is 44.7 Å². The molecule has 1 aliphatic carbocycles. The number of para-hydroxylation sites is 1. The van der Waals surface area contributed by atoms with Gasteiger partial charge in [-0.25, -0.2) is 9.37 Å². The van der Waals surface area contributed by atoms with E-state index in [1.807, 2.05) is 34.9 Å².